The molecule has 0 unspecified atom stereocenters. The van der Waals surface area contributed by atoms with Gasteiger partial charge in [0.25, 0.3) is 0 Å². The molecule has 2 nitrogen and oxygen atoms in total. The summed E-state index contributed by atoms with van der Waals surface area (Å²) in [7, 11) is 0. The molecule has 0 aromatic heterocycles. The fourth-order valence-electron chi connectivity index (χ4n) is 0.894. The van der Waals surface area contributed by atoms with Gasteiger partial charge in [-0.1, -0.05) is 26.2 Å². The number of ether oxygens (including phenoxy) is 1. The Morgan fingerprint density at radius 1 is 1.00 bits per heavy atom. The van der Waals surface area contributed by atoms with Crippen molar-refractivity contribution in [3.63, 3.8) is 0 Å². The number of rotatable bonds is 8. The fraction of sp³-hybridized carbons (Fsp3) is 1.00. The zero-order valence-corrected chi connectivity index (χ0v) is 7.47. The van der Waals surface area contributed by atoms with Crippen LogP contribution in [0.1, 0.15) is 39.0 Å². The Balaban J connectivity index is 2.69. The van der Waals surface area contributed by atoms with Crippen LogP contribution < -0.4 is 0 Å². The van der Waals surface area contributed by atoms with Gasteiger partial charge in [0.15, 0.2) is 0 Å². The Labute approximate surface area is 69.6 Å². The van der Waals surface area contributed by atoms with E-state index in [1.165, 1.54) is 19.3 Å². The minimum absolute atomic E-state index is 0.00500. The van der Waals surface area contributed by atoms with Gasteiger partial charge >= 0.3 is 0 Å². The molecule has 0 aliphatic rings. The first-order valence-electron chi connectivity index (χ1n) is 4.57. The van der Waals surface area contributed by atoms with Gasteiger partial charge in [-0.2, -0.15) is 0 Å². The maximum absolute atomic E-state index is 9.99. The van der Waals surface area contributed by atoms with Gasteiger partial charge in [0.05, 0.1) is 6.61 Å². The number of unbranched alkanes of at least 4 members (excludes halogenated alkanes) is 3. The lowest BCUT2D eigenvalue weighted by atomic mass is 10.2. The maximum Gasteiger partial charge on any atom is 0.0844 e. The van der Waals surface area contributed by atoms with Gasteiger partial charge < -0.3 is 4.74 Å². The minimum atomic E-state index is -0.00500. The van der Waals surface area contributed by atoms with Crippen LogP contribution >= 0.6 is 0 Å². The first kappa shape index (κ1) is 10.9. The molecular weight excluding hydrogens is 140 g/mol. The summed E-state index contributed by atoms with van der Waals surface area (Å²) >= 11 is 0. The second kappa shape index (κ2) is 9.92. The van der Waals surface area contributed by atoms with Gasteiger partial charge in [0, 0.05) is 13.2 Å². The summed E-state index contributed by atoms with van der Waals surface area (Å²) in [6, 6.07) is 0. The van der Waals surface area contributed by atoms with Gasteiger partial charge in [-0.15, -0.1) is 0 Å². The summed E-state index contributed by atoms with van der Waals surface area (Å²) in [5, 5.41) is 9.99. The van der Waals surface area contributed by atoms with Crippen LogP contribution in [0.3, 0.4) is 0 Å². The molecule has 2 heteroatoms. The third-order valence-electron chi connectivity index (χ3n) is 1.58. The Morgan fingerprint density at radius 2 is 1.73 bits per heavy atom. The molecule has 0 aromatic rings. The Hall–Kier alpha value is -0.0800. The molecule has 0 heterocycles. The van der Waals surface area contributed by atoms with Crippen LogP contribution in [0.5, 0.6) is 0 Å². The highest BCUT2D eigenvalue weighted by Gasteiger charge is 1.88. The van der Waals surface area contributed by atoms with Crippen molar-refractivity contribution in [3.05, 3.63) is 0 Å². The fourth-order valence-corrected chi connectivity index (χ4v) is 0.894. The summed E-state index contributed by atoms with van der Waals surface area (Å²) < 4.78 is 5.22. The van der Waals surface area contributed by atoms with Gasteiger partial charge in [-0.05, 0) is 12.8 Å². The quantitative estimate of drug-likeness (QED) is 0.500. The van der Waals surface area contributed by atoms with Crippen molar-refractivity contribution in [2.75, 3.05) is 19.8 Å². The van der Waals surface area contributed by atoms with E-state index in [0.29, 0.717) is 13.0 Å². The van der Waals surface area contributed by atoms with Crippen LogP contribution in [0.25, 0.3) is 0 Å². The van der Waals surface area contributed by atoms with Gasteiger partial charge in [0.1, 0.15) is 0 Å². The van der Waals surface area contributed by atoms with E-state index in [9.17, 15) is 5.11 Å². The highest BCUT2D eigenvalue weighted by atomic mass is 16.5. The normalized spacial score (nSPS) is 10.4. The zero-order valence-electron chi connectivity index (χ0n) is 7.47. The smallest absolute Gasteiger partial charge is 0.0844 e. The van der Waals surface area contributed by atoms with Crippen LogP contribution in [0.15, 0.2) is 0 Å². The monoisotopic (exact) mass is 159 g/mol. The summed E-state index contributed by atoms with van der Waals surface area (Å²) in [4.78, 5) is 0. The summed E-state index contributed by atoms with van der Waals surface area (Å²) in [5.74, 6) is 0. The zero-order chi connectivity index (χ0) is 8.36. The van der Waals surface area contributed by atoms with Gasteiger partial charge in [0.2, 0.25) is 0 Å². The molecule has 0 aliphatic heterocycles. The van der Waals surface area contributed by atoms with E-state index in [1.807, 2.05) is 0 Å². The van der Waals surface area contributed by atoms with E-state index in [2.05, 4.69) is 6.92 Å². The van der Waals surface area contributed by atoms with Crippen molar-refractivity contribution >= 4 is 0 Å². The maximum atomic E-state index is 9.99. The molecule has 11 heavy (non-hydrogen) atoms. The van der Waals surface area contributed by atoms with Crippen molar-refractivity contribution in [3.8, 4) is 0 Å². The molecule has 0 aliphatic carbocycles. The van der Waals surface area contributed by atoms with Crippen molar-refractivity contribution in [2.24, 2.45) is 0 Å². The van der Waals surface area contributed by atoms with Crippen LogP contribution in [0.2, 0.25) is 0 Å². The molecule has 0 fully saturated rings. The predicted molar refractivity (Wildman–Crippen MR) is 45.1 cm³/mol. The SMILES string of the molecule is CCCCCCOCCC[O]. The topological polar surface area (TPSA) is 29.1 Å². The molecule has 0 spiro atoms. The van der Waals surface area contributed by atoms with Crippen molar-refractivity contribution in [2.45, 2.75) is 39.0 Å². The highest BCUT2D eigenvalue weighted by Crippen LogP contribution is 1.98. The Kier molecular flexibility index (Phi) is 9.85. The van der Waals surface area contributed by atoms with E-state index in [1.54, 1.807) is 0 Å². The average molecular weight is 159 g/mol. The van der Waals surface area contributed by atoms with Crippen LogP contribution in [0.4, 0.5) is 0 Å². The molecule has 1 radical (unpaired) electrons. The minimum Gasteiger partial charge on any atom is -0.381 e. The number of hydrogen-bond donors (Lipinski definition) is 0. The molecule has 67 valence electrons. The summed E-state index contributed by atoms with van der Waals surface area (Å²) in [6.07, 6.45) is 5.62. The first-order chi connectivity index (χ1) is 5.41. The van der Waals surface area contributed by atoms with Crippen molar-refractivity contribution in [1.82, 2.24) is 0 Å². The third kappa shape index (κ3) is 9.92. The third-order valence-corrected chi connectivity index (χ3v) is 1.58. The highest BCUT2D eigenvalue weighted by molar-refractivity contribution is 4.39. The first-order valence-corrected chi connectivity index (χ1v) is 4.57. The van der Waals surface area contributed by atoms with E-state index >= 15 is 0 Å². The van der Waals surface area contributed by atoms with E-state index < -0.39 is 0 Å². The average Bonchev–Trinajstić information content (AvgIpc) is 2.03. The lowest BCUT2D eigenvalue weighted by Crippen LogP contribution is -1.98. The molecule has 0 aromatic carbocycles. The molecule has 0 saturated carbocycles. The molecule has 0 N–H and O–H groups in total. The van der Waals surface area contributed by atoms with E-state index in [-0.39, 0.29) is 6.61 Å². The molecular formula is C9H19O2. The second-order valence-corrected chi connectivity index (χ2v) is 2.73. The molecule has 0 amide bonds. The molecule has 0 atom stereocenters. The molecule has 0 saturated heterocycles. The van der Waals surface area contributed by atoms with Crippen LogP contribution in [-0.2, 0) is 9.84 Å². The van der Waals surface area contributed by atoms with Crippen LogP contribution in [-0.4, -0.2) is 19.8 Å². The Morgan fingerprint density at radius 3 is 2.36 bits per heavy atom. The second-order valence-electron chi connectivity index (χ2n) is 2.73. The van der Waals surface area contributed by atoms with E-state index in [0.717, 1.165) is 13.0 Å². The lowest BCUT2D eigenvalue weighted by Gasteiger charge is -2.01. The number of hydrogen-bond acceptors (Lipinski definition) is 1. The summed E-state index contributed by atoms with van der Waals surface area (Å²) in [6.45, 7) is 3.67. The predicted octanol–water partition coefficient (Wildman–Crippen LogP) is 2.40. The largest absolute Gasteiger partial charge is 0.381 e. The van der Waals surface area contributed by atoms with Gasteiger partial charge in [-0.25, -0.2) is 5.11 Å². The van der Waals surface area contributed by atoms with Crippen LogP contribution in [0, 0.1) is 0 Å². The molecule has 0 rings (SSSR count). The Bertz CT molecular complexity index is 56.6. The van der Waals surface area contributed by atoms with Gasteiger partial charge in [-0.3, -0.25) is 0 Å². The van der Waals surface area contributed by atoms with Crippen molar-refractivity contribution < 1.29 is 9.84 Å². The lowest BCUT2D eigenvalue weighted by molar-refractivity contribution is 0.0964. The summed E-state index contributed by atoms with van der Waals surface area (Å²) in [5.41, 5.74) is 0. The standard InChI is InChI=1S/C9H19O2/c1-2-3-4-5-8-11-9-6-7-10/h2-9H2,1H3. The van der Waals surface area contributed by atoms with E-state index in [4.69, 9.17) is 4.74 Å². The van der Waals surface area contributed by atoms with Crippen molar-refractivity contribution in [1.29, 1.82) is 0 Å². The molecule has 0 bridgehead atoms.